The van der Waals surface area contributed by atoms with E-state index < -0.39 is 5.76 Å². The highest BCUT2D eigenvalue weighted by atomic mass is 16.4. The molecular weight excluding hydrogens is 406 g/mol. The highest BCUT2D eigenvalue weighted by Crippen LogP contribution is 2.22. The van der Waals surface area contributed by atoms with Crippen molar-refractivity contribution in [2.24, 2.45) is 0 Å². The van der Waals surface area contributed by atoms with Crippen molar-refractivity contribution in [1.29, 1.82) is 0 Å². The second-order valence-corrected chi connectivity index (χ2v) is 7.88. The van der Waals surface area contributed by atoms with Crippen molar-refractivity contribution in [3.05, 3.63) is 76.8 Å². The minimum absolute atomic E-state index is 0.0270. The summed E-state index contributed by atoms with van der Waals surface area (Å²) in [5.74, 6) is 0.188. The molecule has 0 saturated carbocycles. The van der Waals surface area contributed by atoms with Gasteiger partial charge in [0.15, 0.2) is 11.4 Å². The Kier molecular flexibility index (Phi) is 5.18. The first kappa shape index (κ1) is 20.0. The molecule has 1 amide bonds. The van der Waals surface area contributed by atoms with Crippen LogP contribution in [0.5, 0.6) is 0 Å². The maximum Gasteiger partial charge on any atom is 0.420 e. The molecule has 5 rings (SSSR count). The van der Waals surface area contributed by atoms with E-state index in [-0.39, 0.29) is 12.5 Å². The molecule has 0 bridgehead atoms. The van der Waals surface area contributed by atoms with Gasteiger partial charge in [-0.3, -0.25) is 9.36 Å². The standard InChI is InChI=1S/C24H23N5O3/c1-17-6-2-3-7-18(17)19-10-11-22(26-25-19)27-12-14-28(15-13-27)23(30)16-29-20-8-4-5-9-21(20)32-24(29)31/h2-11H,12-16H2,1H3. The number of aromatic nitrogens is 3. The summed E-state index contributed by atoms with van der Waals surface area (Å²) in [5, 5.41) is 8.82. The van der Waals surface area contributed by atoms with E-state index in [2.05, 4.69) is 28.1 Å². The van der Waals surface area contributed by atoms with Gasteiger partial charge in [0.25, 0.3) is 0 Å². The van der Waals surface area contributed by atoms with Crippen molar-refractivity contribution in [3.63, 3.8) is 0 Å². The normalized spacial score (nSPS) is 14.2. The van der Waals surface area contributed by atoms with Gasteiger partial charge >= 0.3 is 5.76 Å². The molecule has 1 saturated heterocycles. The predicted octanol–water partition coefficient (Wildman–Crippen LogP) is 2.71. The maximum atomic E-state index is 12.8. The van der Waals surface area contributed by atoms with Gasteiger partial charge in [-0.25, -0.2) is 4.79 Å². The van der Waals surface area contributed by atoms with Crippen molar-refractivity contribution in [1.82, 2.24) is 19.7 Å². The van der Waals surface area contributed by atoms with E-state index >= 15 is 0 Å². The number of fused-ring (bicyclic) bond motifs is 1. The van der Waals surface area contributed by atoms with Crippen LogP contribution in [0.4, 0.5) is 5.82 Å². The second kappa shape index (κ2) is 8.30. The van der Waals surface area contributed by atoms with E-state index in [4.69, 9.17) is 4.42 Å². The Morgan fingerprint density at radius 1 is 0.938 bits per heavy atom. The number of amides is 1. The Labute approximate surface area is 184 Å². The van der Waals surface area contributed by atoms with E-state index in [1.807, 2.05) is 36.4 Å². The van der Waals surface area contributed by atoms with Crippen LogP contribution in [0.2, 0.25) is 0 Å². The topological polar surface area (TPSA) is 84.5 Å². The summed E-state index contributed by atoms with van der Waals surface area (Å²) in [6.07, 6.45) is 0. The van der Waals surface area contributed by atoms with Gasteiger partial charge in [0.2, 0.25) is 5.91 Å². The molecule has 0 radical (unpaired) electrons. The molecule has 1 fully saturated rings. The molecule has 0 spiro atoms. The number of piperazine rings is 1. The van der Waals surface area contributed by atoms with Gasteiger partial charge in [-0.05, 0) is 36.8 Å². The van der Waals surface area contributed by atoms with Gasteiger partial charge in [0.1, 0.15) is 6.54 Å². The van der Waals surface area contributed by atoms with Crippen molar-refractivity contribution in [3.8, 4) is 11.3 Å². The summed E-state index contributed by atoms with van der Waals surface area (Å²) >= 11 is 0. The van der Waals surface area contributed by atoms with Crippen LogP contribution in [0.25, 0.3) is 22.4 Å². The fraction of sp³-hybridized carbons (Fsp3) is 0.250. The molecule has 32 heavy (non-hydrogen) atoms. The average molecular weight is 429 g/mol. The van der Waals surface area contributed by atoms with E-state index in [0.717, 1.165) is 22.6 Å². The molecule has 8 nitrogen and oxygen atoms in total. The number of rotatable bonds is 4. The van der Waals surface area contributed by atoms with E-state index in [1.165, 1.54) is 4.57 Å². The fourth-order valence-corrected chi connectivity index (χ4v) is 4.08. The van der Waals surface area contributed by atoms with Crippen molar-refractivity contribution < 1.29 is 9.21 Å². The molecule has 0 aliphatic carbocycles. The Hall–Kier alpha value is -3.94. The van der Waals surface area contributed by atoms with Crippen LogP contribution >= 0.6 is 0 Å². The molecule has 4 aromatic rings. The van der Waals surface area contributed by atoms with E-state index in [9.17, 15) is 9.59 Å². The number of hydrogen-bond donors (Lipinski definition) is 0. The molecule has 2 aromatic heterocycles. The van der Waals surface area contributed by atoms with Crippen LogP contribution in [0.3, 0.4) is 0 Å². The van der Waals surface area contributed by atoms with Crippen LogP contribution in [0, 0.1) is 6.92 Å². The van der Waals surface area contributed by atoms with Crippen molar-refractivity contribution in [2.45, 2.75) is 13.5 Å². The third-order valence-corrected chi connectivity index (χ3v) is 5.89. The number of nitrogens with zero attached hydrogens (tertiary/aromatic N) is 5. The molecule has 0 unspecified atom stereocenters. The minimum Gasteiger partial charge on any atom is -0.408 e. The van der Waals surface area contributed by atoms with Gasteiger partial charge in [-0.1, -0.05) is 36.4 Å². The first-order valence-corrected chi connectivity index (χ1v) is 10.6. The van der Waals surface area contributed by atoms with Gasteiger partial charge < -0.3 is 14.2 Å². The Bertz CT molecular complexity index is 1320. The fourth-order valence-electron chi connectivity index (χ4n) is 4.08. The third kappa shape index (κ3) is 3.75. The van der Waals surface area contributed by atoms with Crippen LogP contribution in [0.1, 0.15) is 5.56 Å². The van der Waals surface area contributed by atoms with Gasteiger partial charge in [-0.2, -0.15) is 0 Å². The summed E-state index contributed by atoms with van der Waals surface area (Å²) in [6, 6.07) is 19.2. The summed E-state index contributed by atoms with van der Waals surface area (Å²) < 4.78 is 6.61. The monoisotopic (exact) mass is 429 g/mol. The second-order valence-electron chi connectivity index (χ2n) is 7.88. The Balaban J connectivity index is 1.23. The lowest BCUT2D eigenvalue weighted by atomic mass is 10.1. The van der Waals surface area contributed by atoms with Crippen molar-refractivity contribution >= 4 is 22.8 Å². The number of carbonyl (C=O) groups excluding carboxylic acids is 1. The summed E-state index contributed by atoms with van der Waals surface area (Å²) in [7, 11) is 0. The van der Waals surface area contributed by atoms with Gasteiger partial charge in [0, 0.05) is 31.7 Å². The molecule has 0 atom stereocenters. The number of benzene rings is 2. The first-order valence-electron chi connectivity index (χ1n) is 10.6. The number of carbonyl (C=O) groups is 1. The number of hydrogen-bond acceptors (Lipinski definition) is 6. The molecule has 3 heterocycles. The van der Waals surface area contributed by atoms with Crippen LogP contribution in [-0.4, -0.2) is 51.8 Å². The molecule has 2 aromatic carbocycles. The zero-order chi connectivity index (χ0) is 22.1. The molecule has 8 heteroatoms. The lowest BCUT2D eigenvalue weighted by Gasteiger charge is -2.35. The van der Waals surface area contributed by atoms with Crippen LogP contribution in [-0.2, 0) is 11.3 Å². The highest BCUT2D eigenvalue weighted by molar-refractivity contribution is 5.79. The number of para-hydroxylation sites is 2. The van der Waals surface area contributed by atoms with Crippen LogP contribution in [0.15, 0.2) is 69.9 Å². The summed E-state index contributed by atoms with van der Waals surface area (Å²) in [6.45, 7) is 4.47. The zero-order valence-electron chi connectivity index (χ0n) is 17.8. The number of aryl methyl sites for hydroxylation is 1. The minimum atomic E-state index is -0.512. The molecule has 162 valence electrons. The van der Waals surface area contributed by atoms with Gasteiger partial charge in [0.05, 0.1) is 11.2 Å². The lowest BCUT2D eigenvalue weighted by Crippen LogP contribution is -2.50. The zero-order valence-corrected chi connectivity index (χ0v) is 17.8. The van der Waals surface area contributed by atoms with E-state index in [0.29, 0.717) is 37.3 Å². The maximum absolute atomic E-state index is 12.8. The molecule has 0 N–H and O–H groups in total. The van der Waals surface area contributed by atoms with E-state index in [1.54, 1.807) is 23.1 Å². The summed E-state index contributed by atoms with van der Waals surface area (Å²) in [4.78, 5) is 28.9. The lowest BCUT2D eigenvalue weighted by molar-refractivity contribution is -0.132. The average Bonchev–Trinajstić information content (AvgIpc) is 3.14. The number of oxazole rings is 1. The highest BCUT2D eigenvalue weighted by Gasteiger charge is 2.23. The smallest absolute Gasteiger partial charge is 0.408 e. The van der Waals surface area contributed by atoms with Crippen molar-refractivity contribution in [2.75, 3.05) is 31.1 Å². The summed E-state index contributed by atoms with van der Waals surface area (Å²) in [5.41, 5.74) is 4.20. The SMILES string of the molecule is Cc1ccccc1-c1ccc(N2CCN(C(=O)Cn3c(=O)oc4ccccc43)CC2)nn1. The molecule has 1 aliphatic heterocycles. The predicted molar refractivity (Wildman–Crippen MR) is 121 cm³/mol. The molecular formula is C24H23N5O3. The first-order chi connectivity index (χ1) is 15.6. The largest absolute Gasteiger partial charge is 0.420 e. The Morgan fingerprint density at radius 2 is 1.69 bits per heavy atom. The van der Waals surface area contributed by atoms with Crippen LogP contribution < -0.4 is 10.7 Å². The quantitative estimate of drug-likeness (QED) is 0.496. The molecule has 1 aliphatic rings. The Morgan fingerprint density at radius 3 is 2.44 bits per heavy atom. The van der Waals surface area contributed by atoms with Gasteiger partial charge in [-0.15, -0.1) is 10.2 Å². The third-order valence-electron chi connectivity index (χ3n) is 5.89. The number of anilines is 1.